The maximum absolute atomic E-state index is 13.4. The number of nitrogens with two attached hydrogens (primary N) is 1. The Hall–Kier alpha value is -3.25. The number of benzene rings is 2. The Morgan fingerprint density at radius 3 is 2.73 bits per heavy atom. The monoisotopic (exact) mass is 445 g/mol. The number of aliphatic hydroxyl groups is 1. The lowest BCUT2D eigenvalue weighted by atomic mass is 9.65. The van der Waals surface area contributed by atoms with Crippen molar-refractivity contribution in [3.05, 3.63) is 88.0 Å². The second-order valence-electron chi connectivity index (χ2n) is 9.68. The first-order valence-corrected chi connectivity index (χ1v) is 11.4. The molecule has 2 aromatic carbocycles. The van der Waals surface area contributed by atoms with Crippen LogP contribution in [0.4, 0.5) is 4.39 Å². The minimum atomic E-state index is -0.895. The molecule has 0 bridgehead atoms. The largest absolute Gasteiger partial charge is 0.389 e. The van der Waals surface area contributed by atoms with Crippen LogP contribution in [0.2, 0.25) is 0 Å². The van der Waals surface area contributed by atoms with Gasteiger partial charge in [-0.25, -0.2) is 9.07 Å². The van der Waals surface area contributed by atoms with Gasteiger partial charge in [-0.2, -0.15) is 5.10 Å². The predicted molar refractivity (Wildman–Crippen MR) is 126 cm³/mol. The highest BCUT2D eigenvalue weighted by Gasteiger charge is 2.54. The minimum absolute atomic E-state index is 0.278. The number of primary amides is 1. The Kier molecular flexibility index (Phi) is 5.01. The maximum Gasteiger partial charge on any atom is 0.248 e. The van der Waals surface area contributed by atoms with Crippen molar-refractivity contribution in [1.29, 1.82) is 0 Å². The summed E-state index contributed by atoms with van der Waals surface area (Å²) in [5, 5.41) is 16.4. The number of hydrogen-bond donors (Lipinski definition) is 2. The lowest BCUT2D eigenvalue weighted by Gasteiger charge is -2.42. The number of carbonyl (C=O) groups is 1. The van der Waals surface area contributed by atoms with E-state index in [2.05, 4.69) is 18.1 Å². The summed E-state index contributed by atoms with van der Waals surface area (Å²) >= 11 is 0. The summed E-state index contributed by atoms with van der Waals surface area (Å²) in [6, 6.07) is 12.0. The van der Waals surface area contributed by atoms with Gasteiger partial charge in [0.15, 0.2) is 0 Å². The van der Waals surface area contributed by atoms with Crippen LogP contribution in [0.5, 0.6) is 0 Å². The molecule has 0 spiro atoms. The summed E-state index contributed by atoms with van der Waals surface area (Å²) in [6.07, 6.45) is 7.28. The van der Waals surface area contributed by atoms with Crippen molar-refractivity contribution in [1.82, 2.24) is 9.78 Å². The van der Waals surface area contributed by atoms with Crippen LogP contribution in [0.1, 0.15) is 58.9 Å². The number of fused-ring (bicyclic) bond motifs is 2. The highest BCUT2D eigenvalue weighted by Crippen LogP contribution is 2.56. The number of halogens is 1. The molecule has 6 heteroatoms. The number of rotatable bonds is 5. The van der Waals surface area contributed by atoms with Gasteiger partial charge in [0.2, 0.25) is 5.91 Å². The summed E-state index contributed by atoms with van der Waals surface area (Å²) in [4.78, 5) is 11.9. The van der Waals surface area contributed by atoms with Crippen molar-refractivity contribution in [3.8, 4) is 5.69 Å². The average molecular weight is 446 g/mol. The Morgan fingerprint density at radius 2 is 2.00 bits per heavy atom. The molecule has 1 fully saturated rings. The van der Waals surface area contributed by atoms with Gasteiger partial charge in [-0.1, -0.05) is 30.2 Å². The number of aryl methyl sites for hydroxylation is 2. The zero-order chi connectivity index (χ0) is 23.4. The molecule has 1 heterocycles. The van der Waals surface area contributed by atoms with Gasteiger partial charge in [0.1, 0.15) is 5.82 Å². The highest BCUT2D eigenvalue weighted by molar-refractivity contribution is 5.94. The Balaban J connectivity index is 1.43. The smallest absolute Gasteiger partial charge is 0.248 e. The van der Waals surface area contributed by atoms with Crippen molar-refractivity contribution >= 4 is 12.0 Å². The fourth-order valence-corrected chi connectivity index (χ4v) is 5.60. The topological polar surface area (TPSA) is 81.1 Å². The molecule has 5 nitrogen and oxygen atoms in total. The van der Waals surface area contributed by atoms with Crippen LogP contribution in [-0.4, -0.2) is 26.4 Å². The van der Waals surface area contributed by atoms with Crippen molar-refractivity contribution in [2.75, 3.05) is 0 Å². The van der Waals surface area contributed by atoms with Gasteiger partial charge in [0.25, 0.3) is 0 Å². The van der Waals surface area contributed by atoms with Crippen LogP contribution in [0.15, 0.2) is 54.2 Å². The first kappa shape index (κ1) is 21.6. The number of amides is 1. The molecule has 1 saturated carbocycles. The van der Waals surface area contributed by atoms with Gasteiger partial charge in [-0.05, 0) is 86.6 Å². The highest BCUT2D eigenvalue weighted by atomic mass is 19.1. The molecule has 2 aliphatic rings. The zero-order valence-corrected chi connectivity index (χ0v) is 18.9. The molecule has 33 heavy (non-hydrogen) atoms. The number of hydrogen-bond acceptors (Lipinski definition) is 3. The molecule has 3 aromatic rings. The summed E-state index contributed by atoms with van der Waals surface area (Å²) in [7, 11) is 0. The normalized spacial score (nSPS) is 23.7. The molecule has 0 saturated heterocycles. The third kappa shape index (κ3) is 3.49. The molecular formula is C27H28FN3O2. The van der Waals surface area contributed by atoms with Crippen molar-refractivity contribution in [2.24, 2.45) is 11.1 Å². The van der Waals surface area contributed by atoms with E-state index in [-0.39, 0.29) is 5.82 Å². The van der Waals surface area contributed by atoms with Gasteiger partial charge in [-0.15, -0.1) is 0 Å². The number of nitrogens with zero attached hydrogens (tertiary/aromatic N) is 2. The average Bonchev–Trinajstić information content (AvgIpc) is 3.29. The number of carbonyl (C=O) groups excluding carboxylic acids is 1. The molecule has 0 unspecified atom stereocenters. The van der Waals surface area contributed by atoms with Gasteiger partial charge >= 0.3 is 0 Å². The van der Waals surface area contributed by atoms with Crippen molar-refractivity contribution in [2.45, 2.75) is 51.6 Å². The molecule has 170 valence electrons. The van der Waals surface area contributed by atoms with Crippen LogP contribution in [0.25, 0.3) is 11.8 Å². The molecule has 3 N–H and O–H groups in total. The van der Waals surface area contributed by atoms with E-state index in [1.165, 1.54) is 17.7 Å². The molecule has 0 radical (unpaired) electrons. The fourth-order valence-electron chi connectivity index (χ4n) is 5.60. The first-order valence-electron chi connectivity index (χ1n) is 11.4. The maximum atomic E-state index is 13.4. The molecule has 1 amide bonds. The second kappa shape index (κ2) is 7.66. The molecule has 0 aliphatic heterocycles. The summed E-state index contributed by atoms with van der Waals surface area (Å²) in [6.45, 7) is 4.07. The summed E-state index contributed by atoms with van der Waals surface area (Å²) in [5.41, 5.74) is 10.8. The van der Waals surface area contributed by atoms with Crippen LogP contribution < -0.4 is 5.73 Å². The van der Waals surface area contributed by atoms with Gasteiger partial charge in [-0.3, -0.25) is 4.79 Å². The summed E-state index contributed by atoms with van der Waals surface area (Å²) in [5.74, 6) is -0.714. The van der Waals surface area contributed by atoms with Gasteiger partial charge in [0, 0.05) is 11.0 Å². The Bertz CT molecular complexity index is 1280. The first-order chi connectivity index (χ1) is 15.7. The van der Waals surface area contributed by atoms with Crippen LogP contribution in [0.3, 0.4) is 0 Å². The van der Waals surface area contributed by atoms with E-state index in [1.807, 2.05) is 36.0 Å². The SMILES string of the molecule is Cc1ccc(CC[C@]2(O)CCC3=Cc4c(cnn4-c4ccc(F)cc4)C[C@@]32C)c(C(N)=O)c1. The quantitative estimate of drug-likeness (QED) is 0.606. The molecule has 2 aliphatic carbocycles. The van der Waals surface area contributed by atoms with Crippen LogP contribution in [-0.2, 0) is 12.8 Å². The minimum Gasteiger partial charge on any atom is -0.389 e. The van der Waals surface area contributed by atoms with E-state index in [0.29, 0.717) is 31.2 Å². The van der Waals surface area contributed by atoms with E-state index < -0.39 is 16.9 Å². The van der Waals surface area contributed by atoms with E-state index in [1.54, 1.807) is 12.1 Å². The number of aromatic nitrogens is 2. The third-order valence-electron chi connectivity index (χ3n) is 7.69. The second-order valence-corrected chi connectivity index (χ2v) is 9.68. The lowest BCUT2D eigenvalue weighted by molar-refractivity contribution is -0.0461. The predicted octanol–water partition coefficient (Wildman–Crippen LogP) is 4.52. The van der Waals surface area contributed by atoms with Crippen LogP contribution in [0, 0.1) is 18.2 Å². The van der Waals surface area contributed by atoms with Gasteiger partial charge < -0.3 is 10.8 Å². The third-order valence-corrected chi connectivity index (χ3v) is 7.69. The zero-order valence-electron chi connectivity index (χ0n) is 18.9. The van der Waals surface area contributed by atoms with E-state index in [9.17, 15) is 14.3 Å². The molecule has 5 rings (SSSR count). The van der Waals surface area contributed by atoms with Crippen molar-refractivity contribution < 1.29 is 14.3 Å². The van der Waals surface area contributed by atoms with E-state index in [4.69, 9.17) is 5.73 Å². The fraction of sp³-hybridized carbons (Fsp3) is 0.333. The molecular weight excluding hydrogens is 417 g/mol. The van der Waals surface area contributed by atoms with E-state index in [0.717, 1.165) is 34.5 Å². The van der Waals surface area contributed by atoms with E-state index >= 15 is 0 Å². The molecule has 2 atom stereocenters. The van der Waals surface area contributed by atoms with Crippen LogP contribution >= 0.6 is 0 Å². The Morgan fingerprint density at radius 1 is 1.24 bits per heavy atom. The standard InChI is InChI=1S/C27H28FN3O2/c1-17-3-4-18(23(13-17)25(29)32)9-11-27(33)12-10-20-14-24-19(15-26(20,27)2)16-30-31(24)22-7-5-21(28)6-8-22/h3-8,13-14,16,33H,9-12,15H2,1-2H3,(H2,29,32)/t26-,27-/m0/s1. The van der Waals surface area contributed by atoms with Gasteiger partial charge in [0.05, 0.1) is 23.2 Å². The lowest BCUT2D eigenvalue weighted by Crippen LogP contribution is -2.45. The van der Waals surface area contributed by atoms with Crippen molar-refractivity contribution in [3.63, 3.8) is 0 Å². The Labute approximate surface area is 192 Å². The molecule has 1 aromatic heterocycles. The summed E-state index contributed by atoms with van der Waals surface area (Å²) < 4.78 is 15.2.